The summed E-state index contributed by atoms with van der Waals surface area (Å²) in [6.45, 7) is 2.90. The average molecular weight is 469 g/mol. The van der Waals surface area contributed by atoms with Crippen molar-refractivity contribution in [3.8, 4) is 17.2 Å². The second-order valence-electron chi connectivity index (χ2n) is 8.32. The lowest BCUT2D eigenvalue weighted by Gasteiger charge is -2.24. The maximum absolute atomic E-state index is 13.2. The Kier molecular flexibility index (Phi) is 6.94. The molecule has 0 N–H and O–H groups in total. The normalized spacial score (nSPS) is 13.1. The van der Waals surface area contributed by atoms with Crippen LogP contribution in [-0.4, -0.2) is 37.1 Å². The quantitative estimate of drug-likeness (QED) is 0.393. The van der Waals surface area contributed by atoms with Crippen LogP contribution in [0.3, 0.4) is 0 Å². The van der Waals surface area contributed by atoms with Gasteiger partial charge in [0.1, 0.15) is 5.15 Å². The zero-order valence-corrected chi connectivity index (χ0v) is 20.2. The second kappa shape index (κ2) is 9.87. The number of carbonyl (C=O) groups is 1. The first kappa shape index (κ1) is 23.2. The molecule has 2 aromatic carbocycles. The van der Waals surface area contributed by atoms with Crippen molar-refractivity contribution in [1.29, 1.82) is 0 Å². The van der Waals surface area contributed by atoms with Crippen LogP contribution in [0.25, 0.3) is 10.9 Å². The molecule has 1 aliphatic carbocycles. The Morgan fingerprint density at radius 2 is 1.70 bits per heavy atom. The fraction of sp³-hybridized carbons (Fsp3) is 0.385. The van der Waals surface area contributed by atoms with Gasteiger partial charge in [0.05, 0.1) is 26.8 Å². The summed E-state index contributed by atoms with van der Waals surface area (Å²) in [5.74, 6) is 1.84. The number of benzene rings is 2. The molecule has 0 saturated heterocycles. The van der Waals surface area contributed by atoms with Gasteiger partial charge in [-0.05, 0) is 60.7 Å². The fourth-order valence-corrected chi connectivity index (χ4v) is 4.24. The molecule has 0 aliphatic heterocycles. The molecule has 1 saturated carbocycles. The number of amides is 1. The minimum absolute atomic E-state index is 0.0749. The standard InChI is InChI=1S/C26H29ClN2O4/c1-5-16-6-9-21-19(10-16)13-20(25(27)28-21)15-29(26(30)18-7-8-18)14-17-11-22(31-2)24(33-4)23(12-17)32-3/h6,9-13,18H,5,7-8,14-15H2,1-4H3. The van der Waals surface area contributed by atoms with Crippen molar-refractivity contribution in [2.24, 2.45) is 5.92 Å². The van der Waals surface area contributed by atoms with Gasteiger partial charge >= 0.3 is 0 Å². The van der Waals surface area contributed by atoms with Gasteiger partial charge in [0.15, 0.2) is 11.5 Å². The molecule has 1 aromatic heterocycles. The molecule has 1 heterocycles. The monoisotopic (exact) mass is 468 g/mol. The Morgan fingerprint density at radius 1 is 1.00 bits per heavy atom. The van der Waals surface area contributed by atoms with E-state index in [9.17, 15) is 4.79 Å². The van der Waals surface area contributed by atoms with E-state index in [1.165, 1.54) is 5.56 Å². The minimum Gasteiger partial charge on any atom is -0.493 e. The van der Waals surface area contributed by atoms with E-state index in [0.717, 1.165) is 41.3 Å². The molecule has 33 heavy (non-hydrogen) atoms. The van der Waals surface area contributed by atoms with Gasteiger partial charge in [0, 0.05) is 30.0 Å². The molecular weight excluding hydrogens is 440 g/mol. The van der Waals surface area contributed by atoms with Crippen LogP contribution >= 0.6 is 11.6 Å². The van der Waals surface area contributed by atoms with Gasteiger partial charge in [0.2, 0.25) is 11.7 Å². The van der Waals surface area contributed by atoms with E-state index in [1.54, 1.807) is 21.3 Å². The summed E-state index contributed by atoms with van der Waals surface area (Å²) in [5.41, 5.74) is 3.81. The van der Waals surface area contributed by atoms with Crippen LogP contribution in [0.1, 0.15) is 36.5 Å². The lowest BCUT2D eigenvalue weighted by Crippen LogP contribution is -2.31. The number of carbonyl (C=O) groups excluding carboxylic acids is 1. The highest BCUT2D eigenvalue weighted by molar-refractivity contribution is 6.30. The number of aryl methyl sites for hydroxylation is 1. The molecule has 0 bridgehead atoms. The van der Waals surface area contributed by atoms with Crippen molar-refractivity contribution in [2.45, 2.75) is 39.3 Å². The number of rotatable bonds is 9. The Morgan fingerprint density at radius 3 is 2.27 bits per heavy atom. The fourth-order valence-electron chi connectivity index (χ4n) is 4.03. The number of hydrogen-bond acceptors (Lipinski definition) is 5. The van der Waals surface area contributed by atoms with E-state index in [2.05, 4.69) is 24.0 Å². The van der Waals surface area contributed by atoms with Crippen molar-refractivity contribution in [3.05, 3.63) is 58.2 Å². The number of aromatic nitrogens is 1. The number of pyridine rings is 1. The van der Waals surface area contributed by atoms with Crippen LogP contribution in [0.5, 0.6) is 17.2 Å². The van der Waals surface area contributed by atoms with E-state index >= 15 is 0 Å². The molecule has 174 valence electrons. The molecule has 6 nitrogen and oxygen atoms in total. The first-order valence-electron chi connectivity index (χ1n) is 11.1. The Hall–Kier alpha value is -2.99. The highest BCUT2D eigenvalue weighted by Crippen LogP contribution is 2.39. The lowest BCUT2D eigenvalue weighted by molar-refractivity contribution is -0.133. The number of methoxy groups -OCH3 is 3. The third-order valence-corrected chi connectivity index (χ3v) is 6.34. The van der Waals surface area contributed by atoms with Crippen LogP contribution in [0.2, 0.25) is 5.15 Å². The topological polar surface area (TPSA) is 60.9 Å². The van der Waals surface area contributed by atoms with Crippen molar-refractivity contribution in [2.75, 3.05) is 21.3 Å². The molecule has 7 heteroatoms. The number of fused-ring (bicyclic) bond motifs is 1. The smallest absolute Gasteiger partial charge is 0.226 e. The van der Waals surface area contributed by atoms with Crippen LogP contribution < -0.4 is 14.2 Å². The van der Waals surface area contributed by atoms with Gasteiger partial charge in [0.25, 0.3) is 0 Å². The minimum atomic E-state index is 0.0749. The van der Waals surface area contributed by atoms with Crippen molar-refractivity contribution < 1.29 is 19.0 Å². The maximum atomic E-state index is 13.2. The number of halogens is 1. The third-order valence-electron chi connectivity index (χ3n) is 6.01. The molecule has 4 rings (SSSR count). The molecule has 1 fully saturated rings. The van der Waals surface area contributed by atoms with Crippen molar-refractivity contribution in [1.82, 2.24) is 9.88 Å². The van der Waals surface area contributed by atoms with Crippen LogP contribution in [-0.2, 0) is 24.3 Å². The Balaban J connectivity index is 1.68. The van der Waals surface area contributed by atoms with E-state index in [4.69, 9.17) is 25.8 Å². The molecule has 0 spiro atoms. The predicted molar refractivity (Wildman–Crippen MR) is 129 cm³/mol. The van der Waals surface area contributed by atoms with Gasteiger partial charge in [-0.15, -0.1) is 0 Å². The summed E-state index contributed by atoms with van der Waals surface area (Å²) in [7, 11) is 4.74. The Bertz CT molecular complexity index is 1150. The summed E-state index contributed by atoms with van der Waals surface area (Å²) in [6.07, 6.45) is 2.80. The van der Waals surface area contributed by atoms with E-state index < -0.39 is 0 Å². The van der Waals surface area contributed by atoms with Crippen LogP contribution in [0.4, 0.5) is 0 Å². The molecule has 1 aliphatic rings. The van der Waals surface area contributed by atoms with Crippen LogP contribution in [0.15, 0.2) is 36.4 Å². The van der Waals surface area contributed by atoms with Gasteiger partial charge in [-0.2, -0.15) is 0 Å². The summed E-state index contributed by atoms with van der Waals surface area (Å²) in [4.78, 5) is 19.6. The molecule has 1 amide bonds. The van der Waals surface area contributed by atoms with E-state index in [1.807, 2.05) is 29.2 Å². The third kappa shape index (κ3) is 5.01. The highest BCUT2D eigenvalue weighted by Gasteiger charge is 2.34. The zero-order chi connectivity index (χ0) is 23.5. The number of ether oxygens (including phenoxy) is 3. The zero-order valence-electron chi connectivity index (χ0n) is 19.5. The van der Waals surface area contributed by atoms with Gasteiger partial charge in [-0.25, -0.2) is 4.98 Å². The number of hydrogen-bond donors (Lipinski definition) is 0. The van der Waals surface area contributed by atoms with Crippen molar-refractivity contribution >= 4 is 28.4 Å². The average Bonchev–Trinajstić information content (AvgIpc) is 3.68. The first-order chi connectivity index (χ1) is 16.0. The van der Waals surface area contributed by atoms with Gasteiger partial charge in [-0.1, -0.05) is 24.6 Å². The van der Waals surface area contributed by atoms with Gasteiger partial charge < -0.3 is 19.1 Å². The first-order valence-corrected chi connectivity index (χ1v) is 11.5. The summed E-state index contributed by atoms with van der Waals surface area (Å²) < 4.78 is 16.4. The highest BCUT2D eigenvalue weighted by atomic mass is 35.5. The SMILES string of the molecule is CCc1ccc2nc(Cl)c(CN(Cc3cc(OC)c(OC)c(OC)c3)C(=O)C3CC3)cc2c1. The van der Waals surface area contributed by atoms with E-state index in [-0.39, 0.29) is 11.8 Å². The summed E-state index contributed by atoms with van der Waals surface area (Å²) in [5, 5.41) is 1.45. The number of nitrogens with zero attached hydrogens (tertiary/aromatic N) is 2. The summed E-state index contributed by atoms with van der Waals surface area (Å²) in [6, 6.07) is 12.0. The van der Waals surface area contributed by atoms with Crippen LogP contribution in [0, 0.1) is 5.92 Å². The van der Waals surface area contributed by atoms with Gasteiger partial charge in [-0.3, -0.25) is 4.79 Å². The molecular formula is C26H29ClN2O4. The van der Waals surface area contributed by atoms with E-state index in [0.29, 0.717) is 35.5 Å². The van der Waals surface area contributed by atoms with Crippen molar-refractivity contribution in [3.63, 3.8) is 0 Å². The lowest BCUT2D eigenvalue weighted by atomic mass is 10.1. The molecule has 0 atom stereocenters. The molecule has 3 aromatic rings. The Labute approximate surface area is 199 Å². The largest absolute Gasteiger partial charge is 0.493 e. The predicted octanol–water partition coefficient (Wildman–Crippen LogP) is 5.42. The maximum Gasteiger partial charge on any atom is 0.226 e. The molecule has 0 unspecified atom stereocenters. The molecule has 0 radical (unpaired) electrons. The second-order valence-corrected chi connectivity index (χ2v) is 8.68. The summed E-state index contributed by atoms with van der Waals surface area (Å²) >= 11 is 6.55.